The van der Waals surface area contributed by atoms with E-state index in [0.717, 1.165) is 23.5 Å². The van der Waals surface area contributed by atoms with Crippen molar-refractivity contribution >= 4 is 43.8 Å². The number of carbonyl (C=O) groups excluding carboxylic acids is 1. The van der Waals surface area contributed by atoms with Crippen molar-refractivity contribution < 1.29 is 18.0 Å². The van der Waals surface area contributed by atoms with E-state index in [0.29, 0.717) is 15.5 Å². The Bertz CT molecular complexity index is 1150. The van der Waals surface area contributed by atoms with E-state index in [-0.39, 0.29) is 27.4 Å². The molecule has 0 aliphatic carbocycles. The highest BCUT2D eigenvalue weighted by molar-refractivity contribution is 7.22. The monoisotopic (exact) mass is 358 g/mol. The Hall–Kier alpha value is -2.93. The topological polar surface area (TPSA) is 56.0 Å². The van der Waals surface area contributed by atoms with Crippen LogP contribution >= 0.6 is 11.3 Å². The molecule has 2 aromatic heterocycles. The summed E-state index contributed by atoms with van der Waals surface area (Å²) in [5.74, 6) is -2.81. The van der Waals surface area contributed by atoms with Crippen molar-refractivity contribution in [1.29, 1.82) is 0 Å². The molecular formula is C18H9F3N2OS. The minimum Gasteiger partial charge on any atom is -0.397 e. The number of fused-ring (bicyclic) bond motifs is 3. The van der Waals surface area contributed by atoms with Crippen LogP contribution in [0.15, 0.2) is 42.6 Å². The first kappa shape index (κ1) is 15.6. The van der Waals surface area contributed by atoms with Crippen LogP contribution in [0.4, 0.5) is 18.9 Å². The number of carbonyl (C=O) groups is 1. The number of rotatable bonds is 2. The predicted molar refractivity (Wildman–Crippen MR) is 91.3 cm³/mol. The molecule has 7 heteroatoms. The van der Waals surface area contributed by atoms with Gasteiger partial charge in [-0.2, -0.15) is 0 Å². The van der Waals surface area contributed by atoms with Gasteiger partial charge < -0.3 is 5.73 Å². The molecule has 0 fully saturated rings. The van der Waals surface area contributed by atoms with Gasteiger partial charge in [0.1, 0.15) is 5.82 Å². The summed E-state index contributed by atoms with van der Waals surface area (Å²) in [5, 5.41) is 0.875. The van der Waals surface area contributed by atoms with Crippen LogP contribution in [0.2, 0.25) is 0 Å². The maximum Gasteiger partial charge on any atom is 0.205 e. The van der Waals surface area contributed by atoms with Gasteiger partial charge in [0, 0.05) is 33.3 Å². The van der Waals surface area contributed by atoms with E-state index in [1.54, 1.807) is 0 Å². The van der Waals surface area contributed by atoms with Crippen LogP contribution in [0.25, 0.3) is 21.0 Å². The minimum absolute atomic E-state index is 0.216. The number of hydrogen-bond acceptors (Lipinski definition) is 4. The Kier molecular flexibility index (Phi) is 3.47. The molecule has 0 aliphatic rings. The van der Waals surface area contributed by atoms with Gasteiger partial charge in [0.15, 0.2) is 11.6 Å². The lowest BCUT2D eigenvalue weighted by atomic mass is 10.1. The number of benzene rings is 2. The zero-order chi connectivity index (χ0) is 17.7. The van der Waals surface area contributed by atoms with Crippen molar-refractivity contribution in [1.82, 2.24) is 4.98 Å². The second-order valence-electron chi connectivity index (χ2n) is 5.47. The highest BCUT2D eigenvalue weighted by atomic mass is 32.1. The summed E-state index contributed by atoms with van der Waals surface area (Å²) in [5.41, 5.74) is 6.85. The third kappa shape index (κ3) is 2.44. The van der Waals surface area contributed by atoms with Crippen molar-refractivity contribution in [3.05, 3.63) is 70.5 Å². The third-order valence-electron chi connectivity index (χ3n) is 3.91. The van der Waals surface area contributed by atoms with Gasteiger partial charge in [0.25, 0.3) is 0 Å². The van der Waals surface area contributed by atoms with E-state index in [9.17, 15) is 18.0 Å². The molecule has 3 nitrogen and oxygen atoms in total. The van der Waals surface area contributed by atoms with Crippen LogP contribution in [-0.4, -0.2) is 10.8 Å². The van der Waals surface area contributed by atoms with Crippen LogP contribution in [0.1, 0.15) is 15.2 Å². The van der Waals surface area contributed by atoms with E-state index >= 15 is 0 Å². The number of thiophene rings is 1. The summed E-state index contributed by atoms with van der Waals surface area (Å²) in [6.45, 7) is 0. The van der Waals surface area contributed by atoms with Crippen molar-refractivity contribution in [3.63, 3.8) is 0 Å². The van der Waals surface area contributed by atoms with E-state index in [4.69, 9.17) is 5.73 Å². The van der Waals surface area contributed by atoms with Crippen LogP contribution in [0, 0.1) is 17.5 Å². The average Bonchev–Trinajstić information content (AvgIpc) is 2.93. The Morgan fingerprint density at radius 1 is 1.00 bits per heavy atom. The molecule has 0 aliphatic heterocycles. The number of pyridine rings is 1. The van der Waals surface area contributed by atoms with Gasteiger partial charge in [0.05, 0.1) is 16.1 Å². The first-order valence-electron chi connectivity index (χ1n) is 7.21. The van der Waals surface area contributed by atoms with Crippen LogP contribution < -0.4 is 5.73 Å². The van der Waals surface area contributed by atoms with Crippen molar-refractivity contribution in [2.24, 2.45) is 0 Å². The fraction of sp³-hybridized carbons (Fsp3) is 0. The number of nitrogens with zero attached hydrogens (tertiary/aromatic N) is 1. The first-order chi connectivity index (χ1) is 12.0. The molecule has 124 valence electrons. The Morgan fingerprint density at radius 3 is 2.40 bits per heavy atom. The predicted octanol–water partition coefficient (Wildman–Crippen LogP) is 4.68. The normalized spacial score (nSPS) is 11.3. The summed E-state index contributed by atoms with van der Waals surface area (Å²) in [6, 6.07) is 7.15. The molecule has 0 spiro atoms. The van der Waals surface area contributed by atoms with Gasteiger partial charge >= 0.3 is 0 Å². The Morgan fingerprint density at radius 2 is 1.68 bits per heavy atom. The molecule has 0 bridgehead atoms. The SMILES string of the molecule is Nc1c(C(=O)c2ccc(F)cc2)sc2c1cnc1cc(F)c(F)cc12. The molecule has 2 aromatic carbocycles. The quantitative estimate of drug-likeness (QED) is 0.529. The first-order valence-corrected chi connectivity index (χ1v) is 8.03. The maximum absolute atomic E-state index is 13.6. The molecule has 25 heavy (non-hydrogen) atoms. The summed E-state index contributed by atoms with van der Waals surface area (Å²) >= 11 is 1.08. The summed E-state index contributed by atoms with van der Waals surface area (Å²) in [7, 11) is 0. The molecule has 0 unspecified atom stereocenters. The summed E-state index contributed by atoms with van der Waals surface area (Å²) in [6.07, 6.45) is 1.43. The minimum atomic E-state index is -1.000. The maximum atomic E-state index is 13.6. The van der Waals surface area contributed by atoms with Crippen LogP contribution in [0.3, 0.4) is 0 Å². The third-order valence-corrected chi connectivity index (χ3v) is 5.17. The molecule has 0 atom stereocenters. The number of hydrogen-bond donors (Lipinski definition) is 1. The molecular weight excluding hydrogens is 349 g/mol. The second-order valence-corrected chi connectivity index (χ2v) is 6.49. The molecule has 2 heterocycles. The number of nitrogen functional groups attached to an aromatic ring is 1. The molecule has 0 amide bonds. The largest absolute Gasteiger partial charge is 0.397 e. The average molecular weight is 358 g/mol. The fourth-order valence-electron chi connectivity index (χ4n) is 2.65. The van der Waals surface area contributed by atoms with E-state index < -0.39 is 17.5 Å². The van der Waals surface area contributed by atoms with Crippen LogP contribution in [-0.2, 0) is 0 Å². The van der Waals surface area contributed by atoms with Gasteiger partial charge in [-0.15, -0.1) is 11.3 Å². The molecule has 2 N–H and O–H groups in total. The standard InChI is InChI=1S/C18H9F3N2OS/c19-9-3-1-8(2-4-9)16(24)18-15(22)11-7-23-14-6-13(21)12(20)5-10(14)17(11)25-18/h1-7H,22H2. The van der Waals surface area contributed by atoms with Gasteiger partial charge in [-0.3, -0.25) is 9.78 Å². The molecule has 0 radical (unpaired) electrons. The van der Waals surface area contributed by atoms with Gasteiger partial charge in [-0.25, -0.2) is 13.2 Å². The molecule has 4 aromatic rings. The fourth-order valence-corrected chi connectivity index (χ4v) is 3.83. The lowest BCUT2D eigenvalue weighted by molar-refractivity contribution is 0.104. The highest BCUT2D eigenvalue weighted by Gasteiger charge is 2.20. The summed E-state index contributed by atoms with van der Waals surface area (Å²) < 4.78 is 40.6. The zero-order valence-corrected chi connectivity index (χ0v) is 13.3. The number of anilines is 1. The lowest BCUT2D eigenvalue weighted by Gasteiger charge is -2.00. The van der Waals surface area contributed by atoms with E-state index in [1.807, 2.05) is 0 Å². The van der Waals surface area contributed by atoms with E-state index in [1.165, 1.54) is 30.5 Å². The number of nitrogens with two attached hydrogens (primary N) is 1. The van der Waals surface area contributed by atoms with Crippen molar-refractivity contribution in [3.8, 4) is 0 Å². The number of ketones is 1. The summed E-state index contributed by atoms with van der Waals surface area (Å²) in [4.78, 5) is 17.0. The van der Waals surface area contributed by atoms with Gasteiger partial charge in [0.2, 0.25) is 5.78 Å². The van der Waals surface area contributed by atoms with Gasteiger partial charge in [-0.05, 0) is 30.3 Å². The van der Waals surface area contributed by atoms with Crippen molar-refractivity contribution in [2.45, 2.75) is 0 Å². The smallest absolute Gasteiger partial charge is 0.205 e. The van der Waals surface area contributed by atoms with E-state index in [2.05, 4.69) is 4.98 Å². The number of aromatic nitrogens is 1. The molecule has 0 saturated heterocycles. The molecule has 0 saturated carbocycles. The highest BCUT2D eigenvalue weighted by Crippen LogP contribution is 2.39. The number of halogens is 3. The van der Waals surface area contributed by atoms with Crippen LogP contribution in [0.5, 0.6) is 0 Å². The Balaban J connectivity index is 1.95. The second kappa shape index (κ2) is 5.56. The van der Waals surface area contributed by atoms with Gasteiger partial charge in [-0.1, -0.05) is 0 Å². The van der Waals surface area contributed by atoms with Crippen molar-refractivity contribution in [2.75, 3.05) is 5.73 Å². The molecule has 4 rings (SSSR count). The zero-order valence-electron chi connectivity index (χ0n) is 12.5. The Labute approximate surface area is 143 Å². The lowest BCUT2D eigenvalue weighted by Crippen LogP contribution is -2.02.